The molecule has 76 valence electrons. The van der Waals surface area contributed by atoms with Crippen LogP contribution in [0.15, 0.2) is 41.6 Å². The minimum Gasteiger partial charge on any atom is -0.397 e. The number of rotatable bonds is 2. The van der Waals surface area contributed by atoms with Crippen molar-refractivity contribution in [1.82, 2.24) is 14.8 Å². The van der Waals surface area contributed by atoms with Crippen molar-refractivity contribution in [3.63, 3.8) is 0 Å². The highest BCUT2D eigenvalue weighted by atomic mass is 16.1. The summed E-state index contributed by atoms with van der Waals surface area (Å²) in [6.07, 6.45) is 4.82. The van der Waals surface area contributed by atoms with Gasteiger partial charge in [-0.25, -0.2) is 4.68 Å². The van der Waals surface area contributed by atoms with E-state index in [2.05, 4.69) is 10.1 Å². The minimum atomic E-state index is -0.202. The summed E-state index contributed by atoms with van der Waals surface area (Å²) in [6.45, 7) is 0.432. The lowest BCUT2D eigenvalue weighted by atomic mass is 10.3. The second-order valence-electron chi connectivity index (χ2n) is 3.14. The quantitative estimate of drug-likeness (QED) is 0.758. The number of aromatic nitrogens is 3. The zero-order valence-corrected chi connectivity index (χ0v) is 8.00. The van der Waals surface area contributed by atoms with E-state index in [0.717, 1.165) is 5.56 Å². The molecule has 0 fully saturated rings. The lowest BCUT2D eigenvalue weighted by Gasteiger charge is -2.03. The zero-order valence-electron chi connectivity index (χ0n) is 8.00. The number of anilines is 1. The second-order valence-corrected chi connectivity index (χ2v) is 3.14. The molecule has 0 bridgehead atoms. The number of nitrogens with zero attached hydrogens (tertiary/aromatic N) is 3. The van der Waals surface area contributed by atoms with E-state index in [1.54, 1.807) is 12.4 Å². The molecule has 0 aliphatic heterocycles. The van der Waals surface area contributed by atoms with E-state index >= 15 is 0 Å². The summed E-state index contributed by atoms with van der Waals surface area (Å²) in [5, 5.41) is 3.93. The molecule has 2 heterocycles. The van der Waals surface area contributed by atoms with Crippen LogP contribution in [0.5, 0.6) is 0 Å². The van der Waals surface area contributed by atoms with Crippen LogP contribution >= 0.6 is 0 Å². The van der Waals surface area contributed by atoms with Crippen molar-refractivity contribution in [3.8, 4) is 0 Å². The van der Waals surface area contributed by atoms with Gasteiger partial charge in [0.05, 0.1) is 18.4 Å². The molecule has 0 radical (unpaired) electrons. The lowest BCUT2D eigenvalue weighted by Crippen LogP contribution is -2.22. The predicted molar refractivity (Wildman–Crippen MR) is 56.2 cm³/mol. The molecule has 5 nitrogen and oxygen atoms in total. The molecule has 0 aromatic carbocycles. The van der Waals surface area contributed by atoms with E-state index < -0.39 is 0 Å². The van der Waals surface area contributed by atoms with Gasteiger partial charge in [0.1, 0.15) is 0 Å². The van der Waals surface area contributed by atoms with Gasteiger partial charge in [-0.15, -0.1) is 0 Å². The third-order valence-electron chi connectivity index (χ3n) is 1.97. The largest absolute Gasteiger partial charge is 0.397 e. The molecule has 0 aliphatic carbocycles. The van der Waals surface area contributed by atoms with Crippen LogP contribution in [0, 0.1) is 0 Å². The average molecular weight is 202 g/mol. The minimum absolute atomic E-state index is 0.202. The van der Waals surface area contributed by atoms with E-state index in [4.69, 9.17) is 5.73 Å². The van der Waals surface area contributed by atoms with Crippen molar-refractivity contribution in [2.45, 2.75) is 6.54 Å². The molecule has 2 aromatic heterocycles. The van der Waals surface area contributed by atoms with Crippen molar-refractivity contribution in [3.05, 3.63) is 52.7 Å². The van der Waals surface area contributed by atoms with E-state index in [1.807, 2.05) is 12.1 Å². The molecule has 0 unspecified atom stereocenters. The summed E-state index contributed by atoms with van der Waals surface area (Å²) in [5.41, 5.74) is 6.59. The molecular weight excluding hydrogens is 192 g/mol. The van der Waals surface area contributed by atoms with Gasteiger partial charge in [-0.3, -0.25) is 9.78 Å². The van der Waals surface area contributed by atoms with Crippen LogP contribution in [0.1, 0.15) is 5.56 Å². The van der Waals surface area contributed by atoms with Crippen molar-refractivity contribution >= 4 is 5.69 Å². The van der Waals surface area contributed by atoms with Crippen molar-refractivity contribution in [1.29, 1.82) is 0 Å². The first-order valence-electron chi connectivity index (χ1n) is 4.47. The van der Waals surface area contributed by atoms with Crippen LogP contribution in [0.25, 0.3) is 0 Å². The van der Waals surface area contributed by atoms with Gasteiger partial charge in [-0.2, -0.15) is 5.10 Å². The maximum absolute atomic E-state index is 11.4. The first kappa shape index (κ1) is 9.39. The summed E-state index contributed by atoms with van der Waals surface area (Å²) in [5.74, 6) is 0. The topological polar surface area (TPSA) is 73.8 Å². The normalized spacial score (nSPS) is 10.1. The highest BCUT2D eigenvalue weighted by Gasteiger charge is 1.98. The van der Waals surface area contributed by atoms with Gasteiger partial charge in [0.25, 0.3) is 5.56 Å². The third-order valence-corrected chi connectivity index (χ3v) is 1.97. The fourth-order valence-corrected chi connectivity index (χ4v) is 1.23. The maximum atomic E-state index is 11.4. The van der Waals surface area contributed by atoms with E-state index in [9.17, 15) is 4.79 Å². The Morgan fingerprint density at radius 1 is 1.33 bits per heavy atom. The van der Waals surface area contributed by atoms with Gasteiger partial charge < -0.3 is 5.73 Å². The molecule has 0 spiro atoms. The standard InChI is InChI=1S/C10H10N4O/c11-9-5-10(15)14(13-6-9)7-8-1-3-12-4-2-8/h1-6H,7,11H2. The molecule has 0 saturated carbocycles. The van der Waals surface area contributed by atoms with E-state index in [1.165, 1.54) is 16.9 Å². The summed E-state index contributed by atoms with van der Waals surface area (Å²) in [6, 6.07) is 5.03. The van der Waals surface area contributed by atoms with Crippen LogP contribution in [0.4, 0.5) is 5.69 Å². The molecule has 15 heavy (non-hydrogen) atoms. The Hall–Kier alpha value is -2.17. The van der Waals surface area contributed by atoms with Gasteiger partial charge in [0.2, 0.25) is 0 Å². The van der Waals surface area contributed by atoms with E-state index in [0.29, 0.717) is 12.2 Å². The zero-order chi connectivity index (χ0) is 10.7. The number of nitrogen functional groups attached to an aromatic ring is 1. The number of hydrogen-bond acceptors (Lipinski definition) is 4. The summed E-state index contributed by atoms with van der Waals surface area (Å²) in [7, 11) is 0. The fraction of sp³-hybridized carbons (Fsp3) is 0.100. The van der Waals surface area contributed by atoms with Crippen LogP contribution in [0.2, 0.25) is 0 Å². The third kappa shape index (κ3) is 2.19. The molecule has 0 amide bonds. The predicted octanol–water partition coefficient (Wildman–Crippen LogP) is 0.269. The van der Waals surface area contributed by atoms with Crippen molar-refractivity contribution < 1.29 is 0 Å². The summed E-state index contributed by atoms with van der Waals surface area (Å²) in [4.78, 5) is 15.3. The molecule has 2 N–H and O–H groups in total. The summed E-state index contributed by atoms with van der Waals surface area (Å²) < 4.78 is 1.35. The molecule has 2 aromatic rings. The number of hydrogen-bond donors (Lipinski definition) is 1. The number of nitrogens with two attached hydrogens (primary N) is 1. The SMILES string of the molecule is Nc1cnn(Cc2ccncc2)c(=O)c1. The highest BCUT2D eigenvalue weighted by molar-refractivity contribution is 5.31. The average Bonchev–Trinajstić information content (AvgIpc) is 2.24. The highest BCUT2D eigenvalue weighted by Crippen LogP contribution is 1.98. The Bertz CT molecular complexity index is 506. The van der Waals surface area contributed by atoms with Crippen LogP contribution in [-0.4, -0.2) is 14.8 Å². The monoisotopic (exact) mass is 202 g/mol. The van der Waals surface area contributed by atoms with Gasteiger partial charge in [0.15, 0.2) is 0 Å². The van der Waals surface area contributed by atoms with Gasteiger partial charge in [-0.1, -0.05) is 0 Å². The molecule has 0 saturated heterocycles. The van der Waals surface area contributed by atoms with Crippen LogP contribution in [0.3, 0.4) is 0 Å². The molecule has 0 aliphatic rings. The van der Waals surface area contributed by atoms with Gasteiger partial charge in [-0.05, 0) is 17.7 Å². The van der Waals surface area contributed by atoms with Crippen molar-refractivity contribution in [2.75, 3.05) is 5.73 Å². The van der Waals surface area contributed by atoms with Crippen LogP contribution in [-0.2, 0) is 6.54 Å². The molecule has 2 rings (SSSR count). The Labute approximate surface area is 86.2 Å². The molecule has 5 heteroatoms. The Kier molecular flexibility index (Phi) is 2.45. The summed E-state index contributed by atoms with van der Waals surface area (Å²) >= 11 is 0. The first-order valence-corrected chi connectivity index (χ1v) is 4.47. The maximum Gasteiger partial charge on any atom is 0.269 e. The smallest absolute Gasteiger partial charge is 0.269 e. The van der Waals surface area contributed by atoms with E-state index in [-0.39, 0.29) is 5.56 Å². The van der Waals surface area contributed by atoms with Crippen molar-refractivity contribution in [2.24, 2.45) is 0 Å². The Balaban J connectivity index is 2.29. The Morgan fingerprint density at radius 3 is 2.73 bits per heavy atom. The lowest BCUT2D eigenvalue weighted by molar-refractivity contribution is 0.639. The van der Waals surface area contributed by atoms with Crippen LogP contribution < -0.4 is 11.3 Å². The Morgan fingerprint density at radius 2 is 2.07 bits per heavy atom. The fourth-order valence-electron chi connectivity index (χ4n) is 1.23. The second kappa shape index (κ2) is 3.91. The van der Waals surface area contributed by atoms with Gasteiger partial charge in [0, 0.05) is 18.5 Å². The molecule has 0 atom stereocenters. The first-order chi connectivity index (χ1) is 7.25. The molecular formula is C10H10N4O. The number of pyridine rings is 1. The van der Waals surface area contributed by atoms with Gasteiger partial charge >= 0.3 is 0 Å².